The second-order valence-electron chi connectivity index (χ2n) is 7.37. The quantitative estimate of drug-likeness (QED) is 0.463. The van der Waals surface area contributed by atoms with Crippen molar-refractivity contribution >= 4 is 11.8 Å². The van der Waals surface area contributed by atoms with E-state index in [1.165, 1.54) is 19.1 Å². The molecule has 0 saturated carbocycles. The number of aliphatic hydroxyl groups is 2. The van der Waals surface area contributed by atoms with E-state index in [0.717, 1.165) is 5.57 Å². The van der Waals surface area contributed by atoms with Gasteiger partial charge >= 0.3 is 5.97 Å². The van der Waals surface area contributed by atoms with E-state index >= 15 is 0 Å². The number of Topliss-reactive ketones (excluding diaryl/α,β-unsaturated/α-hetero) is 1. The first kappa shape index (κ1) is 21.3. The number of aliphatic hydroxyl groups excluding tert-OH is 1. The van der Waals surface area contributed by atoms with Crippen LogP contribution in [0.4, 0.5) is 0 Å². The Hall–Kier alpha value is -1.72. The lowest BCUT2D eigenvalue weighted by atomic mass is 9.86. The first-order valence-corrected chi connectivity index (χ1v) is 8.65. The summed E-state index contributed by atoms with van der Waals surface area (Å²) in [7, 11) is 0. The summed E-state index contributed by atoms with van der Waals surface area (Å²) < 4.78 is 5.50. The minimum atomic E-state index is -1.12. The van der Waals surface area contributed by atoms with Crippen LogP contribution in [0.15, 0.2) is 36.0 Å². The van der Waals surface area contributed by atoms with Gasteiger partial charge in [0.1, 0.15) is 11.9 Å². The number of esters is 1. The smallest absolute Gasteiger partial charge is 0.331 e. The summed E-state index contributed by atoms with van der Waals surface area (Å²) >= 11 is 0. The zero-order valence-corrected chi connectivity index (χ0v) is 15.6. The number of carbonyl (C=O) groups excluding carboxylic acids is 2. The van der Waals surface area contributed by atoms with Crippen molar-refractivity contribution in [2.24, 2.45) is 5.92 Å². The van der Waals surface area contributed by atoms with Crippen molar-refractivity contribution in [3.8, 4) is 0 Å². The lowest BCUT2D eigenvalue weighted by Crippen LogP contribution is -2.31. The predicted octanol–water partition coefficient (Wildman–Crippen LogP) is 2.87. The summed E-state index contributed by atoms with van der Waals surface area (Å²) in [5.74, 6) is -1.16. The van der Waals surface area contributed by atoms with Crippen LogP contribution < -0.4 is 0 Å². The van der Waals surface area contributed by atoms with Crippen LogP contribution in [-0.4, -0.2) is 39.8 Å². The molecule has 0 heterocycles. The van der Waals surface area contributed by atoms with Crippen molar-refractivity contribution in [1.29, 1.82) is 0 Å². The normalized spacial score (nSPS) is 28.3. The van der Waals surface area contributed by atoms with E-state index in [1.54, 1.807) is 19.9 Å². The molecule has 5 nitrogen and oxygen atoms in total. The van der Waals surface area contributed by atoms with E-state index < -0.39 is 29.7 Å². The van der Waals surface area contributed by atoms with Gasteiger partial charge in [0.25, 0.3) is 0 Å². The van der Waals surface area contributed by atoms with Crippen molar-refractivity contribution in [1.82, 2.24) is 0 Å². The third-order valence-corrected chi connectivity index (χ3v) is 4.31. The minimum Gasteiger partial charge on any atom is -0.454 e. The van der Waals surface area contributed by atoms with Gasteiger partial charge in [0.05, 0.1) is 17.6 Å². The molecule has 1 rings (SSSR count). The van der Waals surface area contributed by atoms with Gasteiger partial charge in [-0.2, -0.15) is 0 Å². The molecule has 0 fully saturated rings. The van der Waals surface area contributed by atoms with E-state index in [2.05, 4.69) is 6.58 Å². The van der Waals surface area contributed by atoms with Gasteiger partial charge in [0.2, 0.25) is 0 Å². The van der Waals surface area contributed by atoms with Gasteiger partial charge in [-0.05, 0) is 71.1 Å². The van der Waals surface area contributed by atoms with Crippen LogP contribution in [0.5, 0.6) is 0 Å². The van der Waals surface area contributed by atoms with Crippen LogP contribution in [0.25, 0.3) is 0 Å². The number of carbonyl (C=O) groups is 2. The van der Waals surface area contributed by atoms with Gasteiger partial charge in [-0.25, -0.2) is 4.79 Å². The SMILES string of the molecule is C=C1CC[C@@H](C(C)=O)[C@@H](OC(=O)/C=C/C(C)(C)O)/C=C(/C)CC[C@@H]1O. The van der Waals surface area contributed by atoms with Crippen molar-refractivity contribution in [3.63, 3.8) is 0 Å². The number of allylic oxidation sites excluding steroid dienone is 1. The Morgan fingerprint density at radius 2 is 1.96 bits per heavy atom. The summed E-state index contributed by atoms with van der Waals surface area (Å²) in [5, 5.41) is 19.7. The molecule has 0 spiro atoms. The van der Waals surface area contributed by atoms with Gasteiger partial charge < -0.3 is 14.9 Å². The van der Waals surface area contributed by atoms with E-state index in [9.17, 15) is 19.8 Å². The molecule has 0 aromatic carbocycles. The van der Waals surface area contributed by atoms with Crippen molar-refractivity contribution in [3.05, 3.63) is 36.0 Å². The second kappa shape index (κ2) is 9.11. The van der Waals surface area contributed by atoms with Crippen LogP contribution in [0.1, 0.15) is 53.4 Å². The maximum absolute atomic E-state index is 12.1. The highest BCUT2D eigenvalue weighted by Crippen LogP contribution is 2.26. The molecule has 1 aliphatic rings. The molecule has 1 aliphatic carbocycles. The van der Waals surface area contributed by atoms with Crippen LogP contribution in [0, 0.1) is 5.92 Å². The average molecular weight is 350 g/mol. The minimum absolute atomic E-state index is 0.0730. The third-order valence-electron chi connectivity index (χ3n) is 4.31. The number of hydrogen-bond acceptors (Lipinski definition) is 5. The Labute approximate surface area is 150 Å². The fourth-order valence-electron chi connectivity index (χ4n) is 2.72. The Kier molecular flexibility index (Phi) is 7.77. The molecule has 3 atom stereocenters. The molecular weight excluding hydrogens is 320 g/mol. The lowest BCUT2D eigenvalue weighted by molar-refractivity contribution is -0.145. The molecule has 0 aromatic rings. The largest absolute Gasteiger partial charge is 0.454 e. The summed E-state index contributed by atoms with van der Waals surface area (Å²) in [6, 6.07) is 0. The van der Waals surface area contributed by atoms with E-state index in [1.807, 2.05) is 6.92 Å². The standard InChI is InChI=1S/C20H30O5/c1-13-6-9-17(22)14(2)7-8-16(15(3)21)18(12-13)25-19(23)10-11-20(4,5)24/h10-12,16-18,22,24H,2,6-9H2,1,3-5H3/b11-10+,13-12-/t16-,17-,18-/m0/s1. The lowest BCUT2D eigenvalue weighted by Gasteiger charge is -2.26. The summed E-state index contributed by atoms with van der Waals surface area (Å²) in [4.78, 5) is 24.2. The van der Waals surface area contributed by atoms with E-state index in [4.69, 9.17) is 4.74 Å². The van der Waals surface area contributed by atoms with Crippen molar-refractivity contribution < 1.29 is 24.5 Å². The zero-order chi connectivity index (χ0) is 19.2. The first-order chi connectivity index (χ1) is 11.5. The maximum atomic E-state index is 12.1. The molecule has 0 bridgehead atoms. The van der Waals surface area contributed by atoms with Crippen molar-refractivity contribution in [2.45, 2.75) is 71.2 Å². The molecule has 0 unspecified atom stereocenters. The Morgan fingerprint density at radius 1 is 1.32 bits per heavy atom. The second-order valence-corrected chi connectivity index (χ2v) is 7.37. The number of hydrogen-bond donors (Lipinski definition) is 2. The van der Waals surface area contributed by atoms with Crippen LogP contribution in [-0.2, 0) is 14.3 Å². The fourth-order valence-corrected chi connectivity index (χ4v) is 2.72. The Balaban J connectivity index is 3.03. The molecule has 0 radical (unpaired) electrons. The van der Waals surface area contributed by atoms with Crippen molar-refractivity contribution in [2.75, 3.05) is 0 Å². The highest BCUT2D eigenvalue weighted by atomic mass is 16.5. The molecule has 0 aliphatic heterocycles. The van der Waals surface area contributed by atoms with E-state index in [-0.39, 0.29) is 5.78 Å². The molecule has 25 heavy (non-hydrogen) atoms. The van der Waals surface area contributed by atoms with Gasteiger partial charge in [0.15, 0.2) is 0 Å². The average Bonchev–Trinajstić information content (AvgIpc) is 2.48. The summed E-state index contributed by atoms with van der Waals surface area (Å²) in [6.07, 6.45) is 5.25. The fraction of sp³-hybridized carbons (Fsp3) is 0.600. The molecule has 140 valence electrons. The van der Waals surface area contributed by atoms with Gasteiger partial charge in [-0.1, -0.05) is 12.2 Å². The Bertz CT molecular complexity index is 565. The van der Waals surface area contributed by atoms with Crippen LogP contribution in [0.3, 0.4) is 0 Å². The summed E-state index contributed by atoms with van der Waals surface area (Å²) in [5.41, 5.74) is 0.534. The maximum Gasteiger partial charge on any atom is 0.331 e. The van der Waals surface area contributed by atoms with Gasteiger partial charge in [-0.3, -0.25) is 4.79 Å². The van der Waals surface area contributed by atoms with Gasteiger partial charge in [-0.15, -0.1) is 0 Å². The highest BCUT2D eigenvalue weighted by molar-refractivity contribution is 5.84. The van der Waals surface area contributed by atoms with E-state index in [0.29, 0.717) is 31.3 Å². The number of ketones is 1. The summed E-state index contributed by atoms with van der Waals surface area (Å²) in [6.45, 7) is 10.4. The monoisotopic (exact) mass is 350 g/mol. The number of ether oxygens (including phenoxy) is 1. The topological polar surface area (TPSA) is 83.8 Å². The van der Waals surface area contributed by atoms with Crippen LogP contribution in [0.2, 0.25) is 0 Å². The van der Waals surface area contributed by atoms with Gasteiger partial charge in [0, 0.05) is 6.08 Å². The first-order valence-electron chi connectivity index (χ1n) is 8.65. The predicted molar refractivity (Wildman–Crippen MR) is 96.9 cm³/mol. The van der Waals surface area contributed by atoms with Crippen LogP contribution >= 0.6 is 0 Å². The third kappa shape index (κ3) is 7.80. The highest BCUT2D eigenvalue weighted by Gasteiger charge is 2.28. The molecule has 0 amide bonds. The zero-order valence-electron chi connectivity index (χ0n) is 15.6. The number of rotatable bonds is 4. The molecule has 0 aromatic heterocycles. The molecule has 0 saturated heterocycles. The molecule has 5 heteroatoms. The Morgan fingerprint density at radius 3 is 2.52 bits per heavy atom. The molecular formula is C20H30O5. The molecule has 2 N–H and O–H groups in total.